The smallest absolute Gasteiger partial charge is 0.279 e. The first-order valence-electron chi connectivity index (χ1n) is 8.87. The van der Waals surface area contributed by atoms with Crippen molar-refractivity contribution in [3.63, 3.8) is 0 Å². The van der Waals surface area contributed by atoms with E-state index in [1.54, 1.807) is 24.3 Å². The Morgan fingerprint density at radius 3 is 2.42 bits per heavy atom. The van der Waals surface area contributed by atoms with Crippen LogP contribution in [0.3, 0.4) is 0 Å². The monoisotopic (exact) mass is 429 g/mol. The molecule has 0 aliphatic carbocycles. The van der Waals surface area contributed by atoms with Gasteiger partial charge in [-0.2, -0.15) is 5.10 Å². The maximum Gasteiger partial charge on any atom is 0.279 e. The Hall–Kier alpha value is -4.35. The van der Waals surface area contributed by atoms with Gasteiger partial charge in [0.1, 0.15) is 5.75 Å². The van der Waals surface area contributed by atoms with E-state index in [-0.39, 0.29) is 17.9 Å². The van der Waals surface area contributed by atoms with Gasteiger partial charge in [0.2, 0.25) is 11.8 Å². The normalized spacial score (nSPS) is 10.8. The number of hydrazone groups is 1. The third-order valence-electron chi connectivity index (χ3n) is 4.00. The van der Waals surface area contributed by atoms with E-state index in [0.717, 1.165) is 18.2 Å². The van der Waals surface area contributed by atoms with Crippen molar-refractivity contribution in [3.05, 3.63) is 68.3 Å². The number of benzene rings is 2. The highest BCUT2D eigenvalue weighted by atomic mass is 16.6. The summed E-state index contributed by atoms with van der Waals surface area (Å²) in [6.07, 6.45) is -0.533. The summed E-state index contributed by atoms with van der Waals surface area (Å²) in [6.45, 7) is 1.52. The minimum absolute atomic E-state index is 0.00475. The van der Waals surface area contributed by atoms with Gasteiger partial charge in [-0.3, -0.25) is 29.8 Å². The highest BCUT2D eigenvalue weighted by Crippen LogP contribution is 2.25. The zero-order valence-corrected chi connectivity index (χ0v) is 16.7. The van der Waals surface area contributed by atoms with E-state index in [9.17, 15) is 29.8 Å². The third kappa shape index (κ3) is 6.59. The highest BCUT2D eigenvalue weighted by Gasteiger charge is 2.21. The van der Waals surface area contributed by atoms with Crippen LogP contribution >= 0.6 is 0 Å². The Morgan fingerprint density at radius 1 is 1.06 bits per heavy atom. The van der Waals surface area contributed by atoms with Crippen molar-refractivity contribution < 1.29 is 24.2 Å². The van der Waals surface area contributed by atoms with Gasteiger partial charge in [-0.1, -0.05) is 12.1 Å². The molecule has 0 atom stereocenters. The van der Waals surface area contributed by atoms with Gasteiger partial charge in [0.05, 0.1) is 41.6 Å². The summed E-state index contributed by atoms with van der Waals surface area (Å²) in [7, 11) is 1.47. The van der Waals surface area contributed by atoms with Crippen LogP contribution in [0.5, 0.6) is 5.75 Å². The number of nitro benzene ring substituents is 2. The molecule has 0 unspecified atom stereocenters. The van der Waals surface area contributed by atoms with Crippen LogP contribution in [0.2, 0.25) is 0 Å². The number of nitrogens with one attached hydrogen (secondary N) is 2. The molecule has 0 aromatic heterocycles. The maximum absolute atomic E-state index is 12.1. The summed E-state index contributed by atoms with van der Waals surface area (Å²) in [5, 5.41) is 28.4. The average Bonchev–Trinajstić information content (AvgIpc) is 2.72. The fourth-order valence-electron chi connectivity index (χ4n) is 2.57. The van der Waals surface area contributed by atoms with Crippen molar-refractivity contribution in [1.82, 2.24) is 5.43 Å². The zero-order valence-electron chi connectivity index (χ0n) is 16.7. The van der Waals surface area contributed by atoms with E-state index >= 15 is 0 Å². The lowest BCUT2D eigenvalue weighted by atomic mass is 10.1. The number of nitro groups is 2. The van der Waals surface area contributed by atoms with E-state index in [0.29, 0.717) is 17.1 Å². The molecule has 2 rings (SSSR count). The summed E-state index contributed by atoms with van der Waals surface area (Å²) >= 11 is 0. The molecular weight excluding hydrogens is 410 g/mol. The molecule has 0 saturated carbocycles. The Labute approximate surface area is 176 Å². The number of hydrogen-bond donors (Lipinski definition) is 2. The molecule has 162 valence electrons. The fraction of sp³-hybridized carbons (Fsp3) is 0.211. The molecular formula is C19H19N5O7. The van der Waals surface area contributed by atoms with Crippen LogP contribution in [-0.2, 0) is 16.0 Å². The number of methoxy groups -OCH3 is 1. The molecule has 0 aliphatic rings. The Kier molecular flexibility index (Phi) is 7.72. The predicted octanol–water partition coefficient (Wildman–Crippen LogP) is 2.58. The van der Waals surface area contributed by atoms with E-state index in [1.807, 2.05) is 0 Å². The standard InChI is InChI=1S/C19H19N5O7/c1-12(9-18(25)20-15-5-3-4-6-17(15)31-2)21-22-19(26)10-13-7-8-14(23(27)28)11-16(13)24(29)30/h3-8,11H,9-10H2,1-2H3,(H,20,25)(H,22,26)/b21-12+. The van der Waals surface area contributed by atoms with Gasteiger partial charge < -0.3 is 10.1 Å². The maximum atomic E-state index is 12.1. The van der Waals surface area contributed by atoms with Crippen molar-refractivity contribution in [3.8, 4) is 5.75 Å². The Balaban J connectivity index is 1.97. The van der Waals surface area contributed by atoms with E-state index in [2.05, 4.69) is 15.8 Å². The molecule has 0 heterocycles. The van der Waals surface area contributed by atoms with Crippen molar-refractivity contribution in [1.29, 1.82) is 0 Å². The summed E-state index contributed by atoms with van der Waals surface area (Å²) in [5.41, 5.74) is 1.99. The minimum Gasteiger partial charge on any atom is -0.495 e. The zero-order chi connectivity index (χ0) is 23.0. The second kappa shape index (κ2) is 10.4. The number of anilines is 1. The van der Waals surface area contributed by atoms with Gasteiger partial charge in [-0.05, 0) is 25.1 Å². The molecule has 12 heteroatoms. The van der Waals surface area contributed by atoms with Crippen LogP contribution in [0, 0.1) is 20.2 Å². The first kappa shape index (κ1) is 22.9. The molecule has 2 amide bonds. The van der Waals surface area contributed by atoms with Gasteiger partial charge in [0, 0.05) is 17.3 Å². The van der Waals surface area contributed by atoms with Gasteiger partial charge in [-0.15, -0.1) is 0 Å². The number of para-hydroxylation sites is 2. The SMILES string of the molecule is COc1ccccc1NC(=O)C/C(C)=N/NC(=O)Cc1ccc([N+](=O)[O-])cc1[N+](=O)[O-]. The van der Waals surface area contributed by atoms with E-state index in [1.165, 1.54) is 14.0 Å². The number of carbonyl (C=O) groups excluding carboxylic acids is 2. The van der Waals surface area contributed by atoms with Gasteiger partial charge in [0.25, 0.3) is 11.4 Å². The van der Waals surface area contributed by atoms with Crippen molar-refractivity contribution >= 4 is 34.6 Å². The lowest BCUT2D eigenvalue weighted by Crippen LogP contribution is -2.23. The molecule has 0 aliphatic heterocycles. The second-order valence-corrected chi connectivity index (χ2v) is 6.31. The summed E-state index contributed by atoms with van der Waals surface area (Å²) < 4.78 is 5.15. The third-order valence-corrected chi connectivity index (χ3v) is 4.00. The molecule has 2 aromatic carbocycles. The van der Waals surface area contributed by atoms with Crippen LogP contribution < -0.4 is 15.5 Å². The molecule has 31 heavy (non-hydrogen) atoms. The molecule has 12 nitrogen and oxygen atoms in total. The molecule has 0 bridgehead atoms. The summed E-state index contributed by atoms with van der Waals surface area (Å²) in [4.78, 5) is 44.6. The molecule has 0 spiro atoms. The molecule has 0 fully saturated rings. The Bertz CT molecular complexity index is 1050. The van der Waals surface area contributed by atoms with E-state index < -0.39 is 33.5 Å². The molecule has 0 radical (unpaired) electrons. The summed E-state index contributed by atoms with van der Waals surface area (Å²) in [6, 6.07) is 9.86. The fourth-order valence-corrected chi connectivity index (χ4v) is 2.57. The molecule has 2 N–H and O–H groups in total. The number of ether oxygens (including phenoxy) is 1. The molecule has 0 saturated heterocycles. The van der Waals surface area contributed by atoms with Crippen LogP contribution in [0.1, 0.15) is 18.9 Å². The van der Waals surface area contributed by atoms with Crippen LogP contribution in [0.15, 0.2) is 47.6 Å². The lowest BCUT2D eigenvalue weighted by Gasteiger charge is -2.09. The Morgan fingerprint density at radius 2 is 1.77 bits per heavy atom. The van der Waals surface area contributed by atoms with E-state index in [4.69, 9.17) is 4.74 Å². The minimum atomic E-state index is -0.799. The topological polar surface area (TPSA) is 166 Å². The van der Waals surface area contributed by atoms with Crippen molar-refractivity contribution in [2.75, 3.05) is 12.4 Å². The quantitative estimate of drug-likeness (QED) is 0.351. The summed E-state index contributed by atoms with van der Waals surface area (Å²) in [5.74, 6) is -0.573. The van der Waals surface area contributed by atoms with Gasteiger partial charge in [0.15, 0.2) is 0 Å². The highest BCUT2D eigenvalue weighted by molar-refractivity contribution is 6.06. The lowest BCUT2D eigenvalue weighted by molar-refractivity contribution is -0.394. The first-order valence-corrected chi connectivity index (χ1v) is 8.87. The first-order chi connectivity index (χ1) is 14.7. The predicted molar refractivity (Wildman–Crippen MR) is 111 cm³/mol. The molecule has 2 aromatic rings. The van der Waals surface area contributed by atoms with Crippen molar-refractivity contribution in [2.45, 2.75) is 19.8 Å². The largest absolute Gasteiger partial charge is 0.495 e. The average molecular weight is 429 g/mol. The number of non-ortho nitro benzene ring substituents is 1. The number of rotatable bonds is 9. The van der Waals surface area contributed by atoms with Crippen LogP contribution in [0.25, 0.3) is 0 Å². The van der Waals surface area contributed by atoms with Crippen LogP contribution in [-0.4, -0.2) is 34.5 Å². The number of nitrogens with zero attached hydrogens (tertiary/aromatic N) is 3. The van der Waals surface area contributed by atoms with Crippen LogP contribution in [0.4, 0.5) is 17.1 Å². The van der Waals surface area contributed by atoms with Gasteiger partial charge >= 0.3 is 0 Å². The van der Waals surface area contributed by atoms with Crippen molar-refractivity contribution in [2.24, 2.45) is 5.10 Å². The number of amides is 2. The second-order valence-electron chi connectivity index (χ2n) is 6.31. The number of carbonyl (C=O) groups is 2. The van der Waals surface area contributed by atoms with Gasteiger partial charge in [-0.25, -0.2) is 5.43 Å². The number of hydrogen-bond acceptors (Lipinski definition) is 8.